The van der Waals surface area contributed by atoms with E-state index in [1.807, 2.05) is 9.58 Å². The summed E-state index contributed by atoms with van der Waals surface area (Å²) in [6, 6.07) is 2.67. The average molecular weight is 356 g/mol. The van der Waals surface area contributed by atoms with Crippen LogP contribution in [0.4, 0.5) is 17.6 Å². The molecule has 2 aliphatic rings. The molecule has 2 aliphatic heterocycles. The van der Waals surface area contributed by atoms with Crippen molar-refractivity contribution in [2.75, 3.05) is 13.1 Å². The van der Waals surface area contributed by atoms with Crippen LogP contribution >= 0.6 is 0 Å². The minimum Gasteiger partial charge on any atom is -0.370 e. The van der Waals surface area contributed by atoms with Crippen molar-refractivity contribution in [3.8, 4) is 0 Å². The molecule has 0 bridgehead atoms. The van der Waals surface area contributed by atoms with E-state index < -0.39 is 17.6 Å². The summed E-state index contributed by atoms with van der Waals surface area (Å²) in [6.45, 7) is 1.99. The van der Waals surface area contributed by atoms with Crippen LogP contribution in [-0.2, 0) is 24.1 Å². The van der Waals surface area contributed by atoms with E-state index in [9.17, 15) is 17.6 Å². The summed E-state index contributed by atoms with van der Waals surface area (Å²) in [5, 5.41) is 8.00. The summed E-state index contributed by atoms with van der Waals surface area (Å²) in [7, 11) is 0. The van der Waals surface area contributed by atoms with Crippen molar-refractivity contribution in [2.24, 2.45) is 0 Å². The van der Waals surface area contributed by atoms with E-state index >= 15 is 0 Å². The molecule has 1 aromatic heterocycles. The summed E-state index contributed by atoms with van der Waals surface area (Å²) in [5.74, 6) is -0.835. The maximum Gasteiger partial charge on any atom is 0.416 e. The van der Waals surface area contributed by atoms with Crippen LogP contribution in [0, 0.1) is 5.82 Å². The quantitative estimate of drug-likeness (QED) is 0.776. The molecule has 0 amide bonds. The second kappa shape index (κ2) is 6.06. The van der Waals surface area contributed by atoms with Crippen LogP contribution in [0.25, 0.3) is 0 Å². The van der Waals surface area contributed by atoms with Gasteiger partial charge in [0.05, 0.1) is 36.2 Å². The summed E-state index contributed by atoms with van der Waals surface area (Å²) < 4.78 is 59.7. The molecule has 1 fully saturated rings. The molecule has 3 heterocycles. The molecular formula is C16H16F4N4O. The van der Waals surface area contributed by atoms with E-state index in [4.69, 9.17) is 4.74 Å². The lowest BCUT2D eigenvalue weighted by Crippen LogP contribution is -2.47. The number of rotatable bonds is 2. The SMILES string of the molecule is Fc1cc(C(F)(F)F)ccc1CN1CC[C@@H]2OCc3cnnn3[C@@H]2C1. The molecule has 0 saturated carbocycles. The molecule has 0 spiro atoms. The molecule has 4 rings (SSSR count). The first-order valence-corrected chi connectivity index (χ1v) is 8.00. The van der Waals surface area contributed by atoms with Gasteiger partial charge in [-0.2, -0.15) is 13.2 Å². The Morgan fingerprint density at radius 1 is 1.28 bits per heavy atom. The van der Waals surface area contributed by atoms with Gasteiger partial charge in [0, 0.05) is 25.2 Å². The number of hydrogen-bond donors (Lipinski definition) is 0. The fourth-order valence-corrected chi connectivity index (χ4v) is 3.48. The van der Waals surface area contributed by atoms with Gasteiger partial charge in [-0.3, -0.25) is 4.90 Å². The third kappa shape index (κ3) is 3.13. The number of piperidine rings is 1. The molecule has 0 N–H and O–H groups in total. The lowest BCUT2D eigenvalue weighted by molar-refractivity contribution is -0.137. The Balaban J connectivity index is 1.50. The largest absolute Gasteiger partial charge is 0.416 e. The van der Waals surface area contributed by atoms with Gasteiger partial charge in [0.15, 0.2) is 0 Å². The minimum atomic E-state index is -4.54. The molecule has 1 aromatic carbocycles. The molecule has 134 valence electrons. The van der Waals surface area contributed by atoms with Gasteiger partial charge in [-0.25, -0.2) is 9.07 Å². The summed E-state index contributed by atoms with van der Waals surface area (Å²) in [6.07, 6.45) is -2.10. The Kier molecular flexibility index (Phi) is 3.99. The number of hydrogen-bond acceptors (Lipinski definition) is 4. The van der Waals surface area contributed by atoms with E-state index in [1.54, 1.807) is 6.20 Å². The second-order valence-electron chi connectivity index (χ2n) is 6.41. The topological polar surface area (TPSA) is 43.2 Å². The number of halogens is 4. The lowest BCUT2D eigenvalue weighted by atomic mass is 9.99. The van der Waals surface area contributed by atoms with E-state index in [-0.39, 0.29) is 24.3 Å². The van der Waals surface area contributed by atoms with E-state index in [1.165, 1.54) is 6.07 Å². The molecular weight excluding hydrogens is 340 g/mol. The highest BCUT2D eigenvalue weighted by Gasteiger charge is 2.37. The number of benzene rings is 1. The summed E-state index contributed by atoms with van der Waals surface area (Å²) >= 11 is 0. The lowest BCUT2D eigenvalue weighted by Gasteiger charge is -2.41. The second-order valence-corrected chi connectivity index (χ2v) is 6.41. The third-order valence-electron chi connectivity index (χ3n) is 4.79. The predicted molar refractivity (Wildman–Crippen MR) is 78.9 cm³/mol. The van der Waals surface area contributed by atoms with E-state index in [0.717, 1.165) is 18.2 Å². The van der Waals surface area contributed by atoms with Gasteiger partial charge in [0.1, 0.15) is 5.82 Å². The van der Waals surface area contributed by atoms with E-state index in [0.29, 0.717) is 25.8 Å². The fraction of sp³-hybridized carbons (Fsp3) is 0.500. The number of likely N-dealkylation sites (tertiary alicyclic amines) is 1. The van der Waals surface area contributed by atoms with E-state index in [2.05, 4.69) is 10.3 Å². The van der Waals surface area contributed by atoms with Crippen LogP contribution in [0.1, 0.15) is 29.3 Å². The third-order valence-corrected chi connectivity index (χ3v) is 4.79. The van der Waals surface area contributed by atoms with Gasteiger partial charge >= 0.3 is 6.18 Å². The normalized spacial score (nSPS) is 24.0. The van der Waals surface area contributed by atoms with Gasteiger partial charge in [0.25, 0.3) is 0 Å². The highest BCUT2D eigenvalue weighted by atomic mass is 19.4. The van der Waals surface area contributed by atoms with Crippen LogP contribution in [-0.4, -0.2) is 39.1 Å². The predicted octanol–water partition coefficient (Wildman–Crippen LogP) is 2.78. The number of nitrogens with zero attached hydrogens (tertiary/aromatic N) is 4. The van der Waals surface area contributed by atoms with Crippen molar-refractivity contribution in [1.82, 2.24) is 19.9 Å². The first-order valence-electron chi connectivity index (χ1n) is 8.00. The Morgan fingerprint density at radius 3 is 2.88 bits per heavy atom. The van der Waals surface area contributed by atoms with Crippen LogP contribution in [0.5, 0.6) is 0 Å². The van der Waals surface area contributed by atoms with Crippen molar-refractivity contribution in [3.63, 3.8) is 0 Å². The molecule has 2 aromatic rings. The van der Waals surface area contributed by atoms with Gasteiger partial charge in [-0.05, 0) is 18.6 Å². The molecule has 25 heavy (non-hydrogen) atoms. The van der Waals surface area contributed by atoms with Crippen LogP contribution in [0.2, 0.25) is 0 Å². The first-order chi connectivity index (χ1) is 11.9. The molecule has 5 nitrogen and oxygen atoms in total. The van der Waals surface area contributed by atoms with Gasteiger partial charge in [-0.1, -0.05) is 11.3 Å². The Morgan fingerprint density at radius 2 is 2.12 bits per heavy atom. The Hall–Kier alpha value is -2.00. The Labute approximate surface area is 141 Å². The molecule has 0 radical (unpaired) electrons. The molecule has 9 heteroatoms. The summed E-state index contributed by atoms with van der Waals surface area (Å²) in [4.78, 5) is 2.01. The monoisotopic (exact) mass is 356 g/mol. The van der Waals surface area contributed by atoms with Crippen molar-refractivity contribution in [1.29, 1.82) is 0 Å². The van der Waals surface area contributed by atoms with Crippen molar-refractivity contribution in [2.45, 2.75) is 37.9 Å². The fourth-order valence-electron chi connectivity index (χ4n) is 3.48. The molecule has 1 saturated heterocycles. The molecule has 0 unspecified atom stereocenters. The Bertz CT molecular complexity index is 776. The van der Waals surface area contributed by atoms with Crippen molar-refractivity contribution >= 4 is 0 Å². The molecule has 2 atom stereocenters. The zero-order chi connectivity index (χ0) is 17.6. The average Bonchev–Trinajstić information content (AvgIpc) is 3.05. The summed E-state index contributed by atoms with van der Waals surface area (Å²) in [5.41, 5.74) is 0.172. The standard InChI is InChI=1S/C16H16F4N4O/c17-13-5-11(16(18,19)20)2-1-10(13)7-23-4-3-15-14(8-23)24-12(9-25-15)6-21-22-24/h1-2,5-6,14-15H,3-4,7-9H2/t14-,15+/m1/s1. The zero-order valence-corrected chi connectivity index (χ0v) is 13.2. The highest BCUT2D eigenvalue weighted by Crippen LogP contribution is 2.32. The van der Waals surface area contributed by atoms with Gasteiger partial charge < -0.3 is 4.74 Å². The number of alkyl halides is 3. The van der Waals surface area contributed by atoms with Crippen LogP contribution in [0.3, 0.4) is 0 Å². The van der Waals surface area contributed by atoms with Crippen LogP contribution in [0.15, 0.2) is 24.4 Å². The van der Waals surface area contributed by atoms with Gasteiger partial charge in [0.2, 0.25) is 0 Å². The minimum absolute atomic E-state index is 0.0162. The van der Waals surface area contributed by atoms with Crippen molar-refractivity contribution in [3.05, 3.63) is 47.0 Å². The number of fused-ring (bicyclic) bond motifs is 3. The smallest absolute Gasteiger partial charge is 0.370 e. The maximum absolute atomic E-state index is 14.1. The zero-order valence-electron chi connectivity index (χ0n) is 13.2. The maximum atomic E-state index is 14.1. The molecule has 0 aliphatic carbocycles. The number of aromatic nitrogens is 3. The highest BCUT2D eigenvalue weighted by molar-refractivity contribution is 5.26. The van der Waals surface area contributed by atoms with Gasteiger partial charge in [-0.15, -0.1) is 5.10 Å². The number of ether oxygens (including phenoxy) is 1. The first kappa shape index (κ1) is 16.5. The van der Waals surface area contributed by atoms with Crippen LogP contribution < -0.4 is 0 Å². The van der Waals surface area contributed by atoms with Crippen molar-refractivity contribution < 1.29 is 22.3 Å².